The maximum atomic E-state index is 8.65. The van der Waals surface area contributed by atoms with Gasteiger partial charge in [0.25, 0.3) is 0 Å². The monoisotopic (exact) mass is 274 g/mol. The molecule has 0 aliphatic carbocycles. The van der Waals surface area contributed by atoms with Gasteiger partial charge in [-0.3, -0.25) is 0 Å². The molecule has 0 spiro atoms. The number of aromatic nitrogens is 3. The Morgan fingerprint density at radius 2 is 2.06 bits per heavy atom. The second-order valence-electron chi connectivity index (χ2n) is 3.77. The Hall–Kier alpha value is -1.14. The molecule has 1 rings (SSSR count). The highest BCUT2D eigenvalue weighted by molar-refractivity contribution is 6.28. The Labute approximate surface area is 112 Å². The number of anilines is 1. The first-order chi connectivity index (χ1) is 8.76. The molecule has 0 aromatic carbocycles. The molecule has 0 amide bonds. The molecule has 0 saturated carbocycles. The summed E-state index contributed by atoms with van der Waals surface area (Å²) in [6.07, 6.45) is 3.59. The number of hydrogen-bond donors (Lipinski definition) is 2. The first-order valence-corrected chi connectivity index (χ1v) is 6.53. The molecule has 0 fully saturated rings. The minimum Gasteiger partial charge on any atom is -0.463 e. The van der Waals surface area contributed by atoms with Crippen LogP contribution in [0.1, 0.15) is 32.6 Å². The number of unbranched alkanes of at least 4 members (excludes halogenated alkanes) is 2. The molecule has 102 valence electrons. The van der Waals surface area contributed by atoms with Crippen molar-refractivity contribution in [3.63, 3.8) is 0 Å². The molecular formula is C11H19ClN4O2. The van der Waals surface area contributed by atoms with Gasteiger partial charge in [-0.15, -0.1) is 0 Å². The summed E-state index contributed by atoms with van der Waals surface area (Å²) in [6, 6.07) is 0.245. The Morgan fingerprint density at radius 1 is 1.22 bits per heavy atom. The van der Waals surface area contributed by atoms with Gasteiger partial charge < -0.3 is 15.2 Å². The topological polar surface area (TPSA) is 80.2 Å². The van der Waals surface area contributed by atoms with E-state index in [1.807, 2.05) is 6.92 Å². The van der Waals surface area contributed by atoms with Crippen molar-refractivity contribution >= 4 is 17.5 Å². The Kier molecular flexibility index (Phi) is 7.36. The number of aliphatic hydroxyl groups excluding tert-OH is 1. The molecule has 0 bridgehead atoms. The van der Waals surface area contributed by atoms with Gasteiger partial charge in [0, 0.05) is 13.2 Å². The van der Waals surface area contributed by atoms with Crippen LogP contribution in [0.25, 0.3) is 0 Å². The Morgan fingerprint density at radius 3 is 2.78 bits per heavy atom. The van der Waals surface area contributed by atoms with Gasteiger partial charge in [-0.25, -0.2) is 0 Å². The van der Waals surface area contributed by atoms with Crippen molar-refractivity contribution in [2.24, 2.45) is 0 Å². The van der Waals surface area contributed by atoms with Gasteiger partial charge in [0.05, 0.1) is 6.61 Å². The third kappa shape index (κ3) is 5.97. The van der Waals surface area contributed by atoms with Crippen LogP contribution in [-0.2, 0) is 0 Å². The number of ether oxygens (including phenoxy) is 1. The van der Waals surface area contributed by atoms with Gasteiger partial charge in [-0.1, -0.05) is 6.92 Å². The lowest BCUT2D eigenvalue weighted by atomic mass is 10.2. The summed E-state index contributed by atoms with van der Waals surface area (Å²) < 4.78 is 5.30. The van der Waals surface area contributed by atoms with Gasteiger partial charge in [0.15, 0.2) is 0 Å². The van der Waals surface area contributed by atoms with Crippen molar-refractivity contribution in [1.82, 2.24) is 15.0 Å². The van der Waals surface area contributed by atoms with E-state index < -0.39 is 0 Å². The lowest BCUT2D eigenvalue weighted by Crippen LogP contribution is -2.09. The molecule has 1 aromatic rings. The quantitative estimate of drug-likeness (QED) is 0.670. The summed E-state index contributed by atoms with van der Waals surface area (Å²) in [7, 11) is 0. The molecule has 0 radical (unpaired) electrons. The van der Waals surface area contributed by atoms with Crippen molar-refractivity contribution in [3.8, 4) is 6.01 Å². The smallest absolute Gasteiger partial charge is 0.322 e. The van der Waals surface area contributed by atoms with E-state index in [4.69, 9.17) is 21.4 Å². The number of nitrogens with one attached hydrogen (secondary N) is 1. The fourth-order valence-electron chi connectivity index (χ4n) is 1.28. The molecule has 0 unspecified atom stereocenters. The zero-order valence-corrected chi connectivity index (χ0v) is 11.3. The number of aliphatic hydroxyl groups is 1. The van der Waals surface area contributed by atoms with E-state index in [0.717, 1.165) is 32.2 Å². The lowest BCUT2D eigenvalue weighted by molar-refractivity contribution is 0.283. The average Bonchev–Trinajstić information content (AvgIpc) is 2.35. The molecule has 7 heteroatoms. The number of halogens is 1. The predicted octanol–water partition coefficient (Wildman–Crippen LogP) is 1.89. The molecular weight excluding hydrogens is 256 g/mol. The summed E-state index contributed by atoms with van der Waals surface area (Å²) in [5.74, 6) is 0.421. The van der Waals surface area contributed by atoms with E-state index in [9.17, 15) is 0 Å². The van der Waals surface area contributed by atoms with E-state index in [2.05, 4.69) is 20.3 Å². The molecule has 6 nitrogen and oxygen atoms in total. The van der Waals surface area contributed by atoms with Gasteiger partial charge in [0.2, 0.25) is 11.2 Å². The molecule has 2 N–H and O–H groups in total. The SMILES string of the molecule is CCCOc1nc(Cl)nc(NCCCCCO)n1. The molecule has 0 aliphatic rings. The van der Waals surface area contributed by atoms with Crippen LogP contribution in [0.4, 0.5) is 5.95 Å². The fraction of sp³-hybridized carbons (Fsp3) is 0.727. The maximum absolute atomic E-state index is 8.65. The third-order valence-corrected chi connectivity index (χ3v) is 2.31. The summed E-state index contributed by atoms with van der Waals surface area (Å²) in [5, 5.41) is 11.8. The van der Waals surface area contributed by atoms with Crippen LogP contribution in [0, 0.1) is 0 Å². The van der Waals surface area contributed by atoms with Crippen molar-refractivity contribution in [1.29, 1.82) is 0 Å². The van der Waals surface area contributed by atoms with E-state index in [0.29, 0.717) is 12.6 Å². The first kappa shape index (κ1) is 14.9. The molecule has 0 aliphatic heterocycles. The predicted molar refractivity (Wildman–Crippen MR) is 70.0 cm³/mol. The molecule has 0 saturated heterocycles. The van der Waals surface area contributed by atoms with Crippen molar-refractivity contribution < 1.29 is 9.84 Å². The van der Waals surface area contributed by atoms with Crippen LogP contribution >= 0.6 is 11.6 Å². The Balaban J connectivity index is 2.41. The highest BCUT2D eigenvalue weighted by Crippen LogP contribution is 2.11. The van der Waals surface area contributed by atoms with Crippen LogP contribution in [0.5, 0.6) is 6.01 Å². The van der Waals surface area contributed by atoms with Crippen molar-refractivity contribution in [2.75, 3.05) is 25.1 Å². The largest absolute Gasteiger partial charge is 0.463 e. The van der Waals surface area contributed by atoms with Crippen LogP contribution < -0.4 is 10.1 Å². The lowest BCUT2D eigenvalue weighted by Gasteiger charge is -2.07. The standard InChI is InChI=1S/C11H19ClN4O2/c1-2-8-18-11-15-9(12)14-10(16-11)13-6-4-3-5-7-17/h17H,2-8H2,1H3,(H,13,14,15,16). The Bertz CT molecular complexity index is 352. The van der Waals surface area contributed by atoms with Crippen LogP contribution in [0.3, 0.4) is 0 Å². The summed E-state index contributed by atoms with van der Waals surface area (Å²) in [6.45, 7) is 3.51. The molecule has 1 heterocycles. The van der Waals surface area contributed by atoms with Crippen LogP contribution in [-0.4, -0.2) is 39.8 Å². The highest BCUT2D eigenvalue weighted by atomic mass is 35.5. The second-order valence-corrected chi connectivity index (χ2v) is 4.11. The zero-order valence-electron chi connectivity index (χ0n) is 10.5. The van der Waals surface area contributed by atoms with Gasteiger partial charge in [-0.05, 0) is 37.3 Å². The zero-order chi connectivity index (χ0) is 13.2. The fourth-order valence-corrected chi connectivity index (χ4v) is 1.43. The molecule has 1 aromatic heterocycles. The first-order valence-electron chi connectivity index (χ1n) is 6.15. The van der Waals surface area contributed by atoms with E-state index in [-0.39, 0.29) is 17.9 Å². The van der Waals surface area contributed by atoms with E-state index in [1.54, 1.807) is 0 Å². The van der Waals surface area contributed by atoms with E-state index in [1.165, 1.54) is 0 Å². The third-order valence-electron chi connectivity index (χ3n) is 2.14. The number of nitrogens with zero attached hydrogens (tertiary/aromatic N) is 3. The molecule has 18 heavy (non-hydrogen) atoms. The van der Waals surface area contributed by atoms with Crippen LogP contribution in [0.2, 0.25) is 5.28 Å². The van der Waals surface area contributed by atoms with Crippen molar-refractivity contribution in [2.45, 2.75) is 32.6 Å². The summed E-state index contributed by atoms with van der Waals surface area (Å²) >= 11 is 5.78. The summed E-state index contributed by atoms with van der Waals surface area (Å²) in [5.41, 5.74) is 0. The minimum absolute atomic E-state index is 0.119. The van der Waals surface area contributed by atoms with E-state index >= 15 is 0 Å². The number of rotatable bonds is 9. The minimum atomic E-state index is 0.119. The average molecular weight is 275 g/mol. The number of hydrogen-bond acceptors (Lipinski definition) is 6. The van der Waals surface area contributed by atoms with Gasteiger partial charge in [-0.2, -0.15) is 15.0 Å². The molecule has 0 atom stereocenters. The van der Waals surface area contributed by atoms with Crippen molar-refractivity contribution in [3.05, 3.63) is 5.28 Å². The van der Waals surface area contributed by atoms with Crippen LogP contribution in [0.15, 0.2) is 0 Å². The van der Waals surface area contributed by atoms with Gasteiger partial charge in [0.1, 0.15) is 0 Å². The second kappa shape index (κ2) is 8.88. The van der Waals surface area contributed by atoms with Gasteiger partial charge >= 0.3 is 6.01 Å². The summed E-state index contributed by atoms with van der Waals surface area (Å²) in [4.78, 5) is 11.9. The normalized spacial score (nSPS) is 10.4. The highest BCUT2D eigenvalue weighted by Gasteiger charge is 2.05. The maximum Gasteiger partial charge on any atom is 0.322 e.